The highest BCUT2D eigenvalue weighted by atomic mass is 35.5. The summed E-state index contributed by atoms with van der Waals surface area (Å²) in [6.07, 6.45) is -4.15. The Morgan fingerprint density at radius 1 is 0.900 bits per heavy atom. The van der Waals surface area contributed by atoms with Gasteiger partial charge in [-0.2, -0.15) is 13.2 Å². The molecule has 3 atom stereocenters. The van der Waals surface area contributed by atoms with E-state index in [0.717, 1.165) is 24.7 Å². The second kappa shape index (κ2) is 11.6. The standard InChI is InChI=1S/C30H28ClF4N3O2/c31-24-11-6-12-25(32)27(24)29(40)38-17-20-15-37(16-21(20)18-38)14-13-26(19-7-2-1-3-8-19)36-28(39)22-9-4-5-10-23(22)30(33,34)35/h1-12,20-21,26H,13-18H2,(H,36,39). The van der Waals surface area contributed by atoms with Crippen LogP contribution in [0.25, 0.3) is 0 Å². The molecule has 5 nitrogen and oxygen atoms in total. The van der Waals surface area contributed by atoms with Gasteiger partial charge in [0.05, 0.1) is 27.8 Å². The van der Waals surface area contributed by atoms with E-state index in [1.54, 1.807) is 4.90 Å². The van der Waals surface area contributed by atoms with Crippen LogP contribution in [0.3, 0.4) is 0 Å². The second-order valence-electron chi connectivity index (χ2n) is 10.4. The van der Waals surface area contributed by atoms with Crippen LogP contribution in [0.5, 0.6) is 0 Å². The first-order valence-electron chi connectivity index (χ1n) is 13.1. The van der Waals surface area contributed by atoms with Gasteiger partial charge in [-0.05, 0) is 48.1 Å². The lowest BCUT2D eigenvalue weighted by molar-refractivity contribution is -0.137. The Hall–Kier alpha value is -3.43. The van der Waals surface area contributed by atoms with E-state index in [1.165, 1.54) is 36.4 Å². The summed E-state index contributed by atoms with van der Waals surface area (Å²) >= 11 is 6.09. The third-order valence-corrected chi connectivity index (χ3v) is 8.06. The maximum atomic E-state index is 14.3. The zero-order chi connectivity index (χ0) is 28.4. The number of nitrogens with zero attached hydrogens (tertiary/aromatic N) is 2. The fourth-order valence-electron chi connectivity index (χ4n) is 5.78. The lowest BCUT2D eigenvalue weighted by Gasteiger charge is -2.25. The van der Waals surface area contributed by atoms with Crippen LogP contribution in [-0.4, -0.2) is 54.3 Å². The van der Waals surface area contributed by atoms with E-state index in [9.17, 15) is 27.2 Å². The summed E-state index contributed by atoms with van der Waals surface area (Å²) in [5.41, 5.74) is -0.679. The molecule has 0 bridgehead atoms. The van der Waals surface area contributed by atoms with E-state index < -0.39 is 41.0 Å². The molecule has 0 saturated carbocycles. The highest BCUT2D eigenvalue weighted by Crippen LogP contribution is 2.35. The van der Waals surface area contributed by atoms with Gasteiger partial charge >= 0.3 is 6.18 Å². The third-order valence-electron chi connectivity index (χ3n) is 7.74. The van der Waals surface area contributed by atoms with Crippen molar-refractivity contribution in [1.29, 1.82) is 0 Å². The molecule has 2 heterocycles. The normalized spacial score (nSPS) is 19.9. The van der Waals surface area contributed by atoms with Gasteiger partial charge in [0.1, 0.15) is 5.82 Å². The highest BCUT2D eigenvalue weighted by molar-refractivity contribution is 6.33. The summed E-state index contributed by atoms with van der Waals surface area (Å²) < 4.78 is 54.8. The number of halogens is 5. The van der Waals surface area contributed by atoms with Gasteiger partial charge < -0.3 is 15.1 Å². The Bertz CT molecular complexity index is 1350. The van der Waals surface area contributed by atoms with Gasteiger partial charge in [0, 0.05) is 32.7 Å². The van der Waals surface area contributed by atoms with Crippen LogP contribution in [0.2, 0.25) is 5.02 Å². The Labute approximate surface area is 234 Å². The summed E-state index contributed by atoms with van der Waals surface area (Å²) in [4.78, 5) is 29.9. The maximum Gasteiger partial charge on any atom is 0.417 e. The van der Waals surface area contributed by atoms with Crippen molar-refractivity contribution in [3.63, 3.8) is 0 Å². The second-order valence-corrected chi connectivity index (χ2v) is 10.8. The first kappa shape index (κ1) is 28.1. The summed E-state index contributed by atoms with van der Waals surface area (Å²) in [5.74, 6) is -1.38. The van der Waals surface area contributed by atoms with E-state index in [-0.39, 0.29) is 22.4 Å². The number of amides is 2. The van der Waals surface area contributed by atoms with Gasteiger partial charge in [-0.1, -0.05) is 60.1 Å². The summed E-state index contributed by atoms with van der Waals surface area (Å²) in [5, 5.41) is 2.91. The molecule has 0 aromatic heterocycles. The maximum absolute atomic E-state index is 14.3. The number of nitrogens with one attached hydrogen (secondary N) is 1. The molecular formula is C30H28ClF4N3O2. The van der Waals surface area contributed by atoms with Crippen molar-refractivity contribution < 1.29 is 27.2 Å². The third kappa shape index (κ3) is 6.00. The van der Waals surface area contributed by atoms with Crippen LogP contribution in [0, 0.1) is 17.7 Å². The molecule has 3 aromatic rings. The summed E-state index contributed by atoms with van der Waals surface area (Å²) in [6, 6.07) is 17.6. The number of likely N-dealkylation sites (tertiary alicyclic amines) is 2. The zero-order valence-corrected chi connectivity index (χ0v) is 22.3. The number of fused-ring (bicyclic) bond motifs is 1. The molecular weight excluding hydrogens is 546 g/mol. The number of carbonyl (C=O) groups is 2. The van der Waals surface area contributed by atoms with Crippen molar-refractivity contribution >= 4 is 23.4 Å². The first-order chi connectivity index (χ1) is 19.1. The van der Waals surface area contributed by atoms with Crippen LogP contribution in [0.4, 0.5) is 17.6 Å². The largest absolute Gasteiger partial charge is 0.417 e. The average molecular weight is 574 g/mol. The molecule has 10 heteroatoms. The zero-order valence-electron chi connectivity index (χ0n) is 21.5. The van der Waals surface area contributed by atoms with Gasteiger partial charge in [-0.3, -0.25) is 9.59 Å². The molecule has 40 heavy (non-hydrogen) atoms. The van der Waals surface area contributed by atoms with Gasteiger partial charge in [-0.15, -0.1) is 0 Å². The van der Waals surface area contributed by atoms with Crippen LogP contribution >= 0.6 is 11.6 Å². The van der Waals surface area contributed by atoms with Gasteiger partial charge in [0.2, 0.25) is 0 Å². The number of hydrogen-bond donors (Lipinski definition) is 1. The van der Waals surface area contributed by atoms with E-state index in [1.807, 2.05) is 30.3 Å². The molecule has 2 amide bonds. The highest BCUT2D eigenvalue weighted by Gasteiger charge is 2.42. The van der Waals surface area contributed by atoms with Crippen LogP contribution in [0.15, 0.2) is 72.8 Å². The molecule has 2 fully saturated rings. The predicted octanol–water partition coefficient (Wildman–Crippen LogP) is 6.06. The molecule has 2 saturated heterocycles. The number of carbonyl (C=O) groups excluding carboxylic acids is 2. The minimum absolute atomic E-state index is 0.0931. The SMILES string of the molecule is O=C(NC(CCN1CC2CN(C(=O)c3c(F)cccc3Cl)CC2C1)c1ccccc1)c1ccccc1C(F)(F)F. The minimum Gasteiger partial charge on any atom is -0.345 e. The molecule has 2 aliphatic heterocycles. The van der Waals surface area contributed by atoms with Crippen molar-refractivity contribution in [3.05, 3.63) is 106 Å². The quantitative estimate of drug-likeness (QED) is 0.350. The Kier molecular flexibility index (Phi) is 8.14. The monoisotopic (exact) mass is 573 g/mol. The lowest BCUT2D eigenvalue weighted by atomic mass is 10.0. The topological polar surface area (TPSA) is 52.7 Å². The average Bonchev–Trinajstić information content (AvgIpc) is 3.50. The molecule has 1 N–H and O–H groups in total. The number of alkyl halides is 3. The predicted molar refractivity (Wildman–Crippen MR) is 143 cm³/mol. The van der Waals surface area contributed by atoms with Crippen molar-refractivity contribution in [1.82, 2.24) is 15.1 Å². The Morgan fingerprint density at radius 2 is 1.55 bits per heavy atom. The fraction of sp³-hybridized carbons (Fsp3) is 0.333. The van der Waals surface area contributed by atoms with Crippen molar-refractivity contribution in [2.75, 3.05) is 32.7 Å². The lowest BCUT2D eigenvalue weighted by Crippen LogP contribution is -2.36. The molecule has 0 spiro atoms. The Balaban J connectivity index is 1.22. The smallest absolute Gasteiger partial charge is 0.345 e. The van der Waals surface area contributed by atoms with Gasteiger partial charge in [0.15, 0.2) is 0 Å². The van der Waals surface area contributed by atoms with Crippen molar-refractivity contribution in [2.24, 2.45) is 11.8 Å². The summed E-state index contributed by atoms with van der Waals surface area (Å²) in [6.45, 7) is 3.06. The molecule has 3 unspecified atom stereocenters. The molecule has 5 rings (SSSR count). The first-order valence-corrected chi connectivity index (χ1v) is 13.5. The van der Waals surface area contributed by atoms with E-state index in [0.29, 0.717) is 26.1 Å². The van der Waals surface area contributed by atoms with Crippen LogP contribution in [0.1, 0.15) is 44.3 Å². The van der Waals surface area contributed by atoms with E-state index in [4.69, 9.17) is 11.6 Å². The molecule has 0 aliphatic carbocycles. The molecule has 2 aliphatic rings. The molecule has 210 valence electrons. The van der Waals surface area contributed by atoms with E-state index in [2.05, 4.69) is 10.2 Å². The van der Waals surface area contributed by atoms with Gasteiger partial charge in [-0.25, -0.2) is 4.39 Å². The molecule has 3 aromatic carbocycles. The van der Waals surface area contributed by atoms with Crippen molar-refractivity contribution in [3.8, 4) is 0 Å². The molecule has 0 radical (unpaired) electrons. The number of benzene rings is 3. The fourth-order valence-corrected chi connectivity index (χ4v) is 6.03. The van der Waals surface area contributed by atoms with Gasteiger partial charge in [0.25, 0.3) is 11.8 Å². The van der Waals surface area contributed by atoms with Crippen LogP contribution < -0.4 is 5.32 Å². The summed E-state index contributed by atoms with van der Waals surface area (Å²) in [7, 11) is 0. The Morgan fingerprint density at radius 3 is 2.20 bits per heavy atom. The number of rotatable bonds is 7. The van der Waals surface area contributed by atoms with E-state index >= 15 is 0 Å². The minimum atomic E-state index is -4.64. The van der Waals surface area contributed by atoms with Crippen LogP contribution in [-0.2, 0) is 6.18 Å². The van der Waals surface area contributed by atoms with Crippen molar-refractivity contribution in [2.45, 2.75) is 18.6 Å². The number of hydrogen-bond acceptors (Lipinski definition) is 3.